The molecule has 0 radical (unpaired) electrons. The van der Waals surface area contributed by atoms with Crippen LogP contribution in [0.4, 0.5) is 0 Å². The zero-order chi connectivity index (χ0) is 30.9. The van der Waals surface area contributed by atoms with Crippen LogP contribution >= 0.6 is 0 Å². The Morgan fingerprint density at radius 3 is 0.956 bits per heavy atom. The van der Waals surface area contributed by atoms with Crippen molar-refractivity contribution in [1.29, 1.82) is 0 Å². The summed E-state index contributed by atoms with van der Waals surface area (Å²) in [6.07, 6.45) is 5.23. The first-order valence-corrected chi connectivity index (χ1v) is 16.6. The number of allylic oxidation sites excluding steroid dienone is 2. The normalized spacial score (nSPS) is 11.0. The van der Waals surface area contributed by atoms with Crippen molar-refractivity contribution in [3.05, 3.63) is 215 Å². The van der Waals surface area contributed by atoms with Gasteiger partial charge in [-0.15, -0.1) is 0 Å². The molecule has 0 heterocycles. The lowest BCUT2D eigenvalue weighted by atomic mass is 9.96. The average Bonchev–Trinajstić information content (AvgIpc) is 3.11. The van der Waals surface area contributed by atoms with E-state index in [9.17, 15) is 8.42 Å². The molecule has 0 unspecified atom stereocenters. The van der Waals surface area contributed by atoms with E-state index in [-0.39, 0.29) is 0 Å². The predicted octanol–water partition coefficient (Wildman–Crippen LogP) is 9.87. The quantitative estimate of drug-likeness (QED) is 0.156. The second-order valence-corrected chi connectivity index (χ2v) is 12.7. The highest BCUT2D eigenvalue weighted by molar-refractivity contribution is 7.91. The largest absolute Gasteiger partial charge is 0.218 e. The van der Waals surface area contributed by atoms with Gasteiger partial charge in [0.05, 0.1) is 9.79 Å². The molecular weight excluding hydrogens is 569 g/mol. The molecule has 3 heteroatoms. The summed E-state index contributed by atoms with van der Waals surface area (Å²) in [5.74, 6) is 0. The van der Waals surface area contributed by atoms with Crippen LogP contribution in [0.25, 0.3) is 11.1 Å². The van der Waals surface area contributed by atoms with Gasteiger partial charge < -0.3 is 0 Å². The third-order valence-corrected chi connectivity index (χ3v) is 9.87. The molecule has 0 aliphatic heterocycles. The fourth-order valence-electron chi connectivity index (χ4n) is 5.69. The van der Waals surface area contributed by atoms with E-state index in [1.165, 1.54) is 0 Å². The van der Waals surface area contributed by atoms with Gasteiger partial charge in [-0.25, -0.2) is 8.42 Å². The summed E-state index contributed by atoms with van der Waals surface area (Å²) in [4.78, 5) is 0.675. The van der Waals surface area contributed by atoms with E-state index in [0.29, 0.717) is 22.6 Å². The summed E-state index contributed by atoms with van der Waals surface area (Å²) in [6.45, 7) is 0. The molecule has 0 saturated carbocycles. The lowest BCUT2D eigenvalue weighted by Crippen LogP contribution is -2.08. The molecule has 2 nitrogen and oxygen atoms in total. The SMILES string of the molecule is O=S(=O)(c1ccccc1CC=C(c1ccccc1)c1ccccc1)c1ccccc1CC=C(c1ccccc1)c1ccccc1. The number of benzene rings is 6. The van der Waals surface area contributed by atoms with Crippen LogP contribution in [0.15, 0.2) is 192 Å². The Bertz CT molecular complexity index is 1800. The van der Waals surface area contributed by atoms with E-state index in [1.54, 1.807) is 24.3 Å². The Morgan fingerprint density at radius 1 is 0.378 bits per heavy atom. The van der Waals surface area contributed by atoms with Gasteiger partial charge in [-0.1, -0.05) is 170 Å². The molecule has 0 atom stereocenters. The monoisotopic (exact) mass is 602 g/mol. The summed E-state index contributed by atoms with van der Waals surface area (Å²) in [7, 11) is -3.81. The molecule has 6 aromatic carbocycles. The zero-order valence-electron chi connectivity index (χ0n) is 25.0. The third-order valence-electron chi connectivity index (χ3n) is 7.92. The summed E-state index contributed by atoms with van der Waals surface area (Å²) in [5, 5.41) is 0. The van der Waals surface area contributed by atoms with E-state index in [4.69, 9.17) is 0 Å². The van der Waals surface area contributed by atoms with Gasteiger partial charge in [0.1, 0.15) is 0 Å². The lowest BCUT2D eigenvalue weighted by molar-refractivity contribution is 0.594. The second-order valence-electron chi connectivity index (χ2n) is 10.8. The molecule has 0 aromatic heterocycles. The highest BCUT2D eigenvalue weighted by Crippen LogP contribution is 2.31. The minimum atomic E-state index is -3.81. The first kappa shape index (κ1) is 29.8. The van der Waals surface area contributed by atoms with Crippen molar-refractivity contribution in [2.75, 3.05) is 0 Å². The van der Waals surface area contributed by atoms with Gasteiger partial charge in [0.2, 0.25) is 9.84 Å². The van der Waals surface area contributed by atoms with Gasteiger partial charge >= 0.3 is 0 Å². The molecule has 0 bridgehead atoms. The van der Waals surface area contributed by atoms with Crippen LogP contribution < -0.4 is 0 Å². The van der Waals surface area contributed by atoms with E-state index in [1.807, 2.05) is 97.1 Å². The van der Waals surface area contributed by atoms with Crippen molar-refractivity contribution in [2.24, 2.45) is 0 Å². The maximum atomic E-state index is 14.4. The fourth-order valence-corrected chi connectivity index (χ4v) is 7.43. The first-order chi connectivity index (χ1) is 22.1. The zero-order valence-corrected chi connectivity index (χ0v) is 25.8. The average molecular weight is 603 g/mol. The molecule has 6 rings (SSSR count). The van der Waals surface area contributed by atoms with E-state index >= 15 is 0 Å². The maximum Gasteiger partial charge on any atom is 0.207 e. The summed E-state index contributed by atoms with van der Waals surface area (Å²) >= 11 is 0. The van der Waals surface area contributed by atoms with Gasteiger partial charge in [-0.3, -0.25) is 0 Å². The standard InChI is InChI=1S/C42H34O2S/c43-45(44,41-27-15-13-25-37(41)29-31-39(33-17-5-1-6-18-33)34-19-7-2-8-20-34)42-28-16-14-26-38(42)30-32-40(35-21-9-3-10-22-35)36-23-11-4-12-24-36/h1-28,31-32H,29-30H2. The van der Waals surface area contributed by atoms with Gasteiger partial charge in [0.15, 0.2) is 0 Å². The van der Waals surface area contributed by atoms with Crippen molar-refractivity contribution < 1.29 is 8.42 Å². The Kier molecular flexibility index (Phi) is 9.29. The van der Waals surface area contributed by atoms with Crippen molar-refractivity contribution in [3.63, 3.8) is 0 Å². The van der Waals surface area contributed by atoms with E-state index < -0.39 is 9.84 Å². The molecule has 0 amide bonds. The van der Waals surface area contributed by atoms with E-state index in [2.05, 4.69) is 60.7 Å². The molecule has 0 fully saturated rings. The molecule has 220 valence electrons. The van der Waals surface area contributed by atoms with Crippen molar-refractivity contribution in [3.8, 4) is 0 Å². The van der Waals surface area contributed by atoms with Gasteiger partial charge in [-0.05, 0) is 69.5 Å². The number of sulfone groups is 1. The third kappa shape index (κ3) is 6.95. The smallest absolute Gasteiger partial charge is 0.207 e. The van der Waals surface area contributed by atoms with Crippen LogP contribution in [0.2, 0.25) is 0 Å². The minimum Gasteiger partial charge on any atom is -0.218 e. The first-order valence-electron chi connectivity index (χ1n) is 15.1. The predicted molar refractivity (Wildman–Crippen MR) is 186 cm³/mol. The Labute approximate surface area is 266 Å². The molecular formula is C42H34O2S. The Balaban J connectivity index is 1.37. The highest BCUT2D eigenvalue weighted by Gasteiger charge is 2.23. The van der Waals surface area contributed by atoms with Gasteiger partial charge in [0, 0.05) is 0 Å². The van der Waals surface area contributed by atoms with Crippen LogP contribution in [-0.4, -0.2) is 8.42 Å². The topological polar surface area (TPSA) is 34.1 Å². The van der Waals surface area contributed by atoms with Crippen LogP contribution in [0.5, 0.6) is 0 Å². The lowest BCUT2D eigenvalue weighted by Gasteiger charge is -2.14. The Morgan fingerprint density at radius 2 is 0.644 bits per heavy atom. The van der Waals surface area contributed by atoms with Crippen LogP contribution in [0.3, 0.4) is 0 Å². The minimum absolute atomic E-state index is 0.337. The van der Waals surface area contributed by atoms with Crippen LogP contribution in [-0.2, 0) is 22.7 Å². The second kappa shape index (κ2) is 14.0. The summed E-state index contributed by atoms with van der Waals surface area (Å²) in [6, 6.07) is 55.6. The fraction of sp³-hybridized carbons (Fsp3) is 0.0476. The molecule has 0 aliphatic rings. The van der Waals surface area contributed by atoms with Gasteiger partial charge in [-0.2, -0.15) is 0 Å². The number of rotatable bonds is 10. The molecule has 6 aromatic rings. The van der Waals surface area contributed by atoms with Crippen molar-refractivity contribution in [2.45, 2.75) is 22.6 Å². The Hall–Kier alpha value is -5.25. The van der Waals surface area contributed by atoms with Crippen LogP contribution in [0, 0.1) is 0 Å². The highest BCUT2D eigenvalue weighted by atomic mass is 32.2. The molecule has 45 heavy (non-hydrogen) atoms. The van der Waals surface area contributed by atoms with E-state index in [0.717, 1.165) is 44.5 Å². The van der Waals surface area contributed by atoms with Crippen molar-refractivity contribution in [1.82, 2.24) is 0 Å². The molecule has 0 aliphatic carbocycles. The van der Waals surface area contributed by atoms with Crippen molar-refractivity contribution >= 4 is 21.0 Å². The molecule has 0 N–H and O–H groups in total. The summed E-state index contributed by atoms with van der Waals surface area (Å²) in [5.41, 5.74) is 8.04. The summed E-state index contributed by atoms with van der Waals surface area (Å²) < 4.78 is 28.8. The maximum absolute atomic E-state index is 14.4. The van der Waals surface area contributed by atoms with Crippen LogP contribution in [0.1, 0.15) is 33.4 Å². The number of hydrogen-bond donors (Lipinski definition) is 0. The molecule has 0 saturated heterocycles. The molecule has 0 spiro atoms. The number of hydrogen-bond acceptors (Lipinski definition) is 2. The van der Waals surface area contributed by atoms with Gasteiger partial charge in [0.25, 0.3) is 0 Å².